The molecule has 6 heteroatoms. The van der Waals surface area contributed by atoms with E-state index in [-0.39, 0.29) is 0 Å². The second-order valence-electron chi connectivity index (χ2n) is 3.88. The summed E-state index contributed by atoms with van der Waals surface area (Å²) < 4.78 is 11.3. The highest BCUT2D eigenvalue weighted by molar-refractivity contribution is 9.10. The van der Waals surface area contributed by atoms with Gasteiger partial charge in [0.15, 0.2) is 4.67 Å². The van der Waals surface area contributed by atoms with Gasteiger partial charge < -0.3 is 14.2 Å². The lowest BCUT2D eigenvalue weighted by molar-refractivity contribution is 0.495. The van der Waals surface area contributed by atoms with Gasteiger partial charge in [-0.1, -0.05) is 0 Å². The highest BCUT2D eigenvalue weighted by Crippen LogP contribution is 2.20. The second-order valence-corrected chi connectivity index (χ2v) is 4.66. The van der Waals surface area contributed by atoms with Gasteiger partial charge in [0, 0.05) is 11.3 Å². The molecule has 0 saturated carbocycles. The van der Waals surface area contributed by atoms with Gasteiger partial charge in [-0.2, -0.15) is 0 Å². The standard InChI is InChI=1S/C13H10BrN3O2/c14-12-6-5-11(19-12)7-15-10-3-1-9(2-4-10)13-17-16-8-18-13/h1-6,8,15H,7H2. The Morgan fingerprint density at radius 3 is 2.58 bits per heavy atom. The van der Waals surface area contributed by atoms with Crippen molar-refractivity contribution in [2.75, 3.05) is 5.32 Å². The van der Waals surface area contributed by atoms with Crippen molar-refractivity contribution in [2.45, 2.75) is 6.54 Å². The highest BCUT2D eigenvalue weighted by Gasteiger charge is 2.03. The summed E-state index contributed by atoms with van der Waals surface area (Å²) in [5, 5.41) is 10.8. The number of furan rings is 1. The lowest BCUT2D eigenvalue weighted by Gasteiger charge is -2.04. The van der Waals surface area contributed by atoms with E-state index in [9.17, 15) is 0 Å². The van der Waals surface area contributed by atoms with Crippen molar-refractivity contribution in [3.8, 4) is 11.5 Å². The van der Waals surface area contributed by atoms with Crippen molar-refractivity contribution in [1.29, 1.82) is 0 Å². The van der Waals surface area contributed by atoms with Gasteiger partial charge in [-0.15, -0.1) is 10.2 Å². The third kappa shape index (κ3) is 2.85. The topological polar surface area (TPSA) is 64.1 Å². The zero-order valence-corrected chi connectivity index (χ0v) is 11.4. The minimum Gasteiger partial charge on any atom is -0.452 e. The lowest BCUT2D eigenvalue weighted by atomic mass is 10.2. The summed E-state index contributed by atoms with van der Waals surface area (Å²) in [5.74, 6) is 1.38. The summed E-state index contributed by atoms with van der Waals surface area (Å²) in [6.45, 7) is 0.630. The average molecular weight is 320 g/mol. The van der Waals surface area contributed by atoms with Crippen LogP contribution in [0, 0.1) is 0 Å². The normalized spacial score (nSPS) is 10.6. The van der Waals surface area contributed by atoms with E-state index >= 15 is 0 Å². The van der Waals surface area contributed by atoms with Gasteiger partial charge in [0.2, 0.25) is 12.3 Å². The molecule has 0 aliphatic heterocycles. The maximum atomic E-state index is 5.41. The Morgan fingerprint density at radius 1 is 1.11 bits per heavy atom. The van der Waals surface area contributed by atoms with Gasteiger partial charge in [0.1, 0.15) is 5.76 Å². The van der Waals surface area contributed by atoms with Crippen LogP contribution in [0.3, 0.4) is 0 Å². The van der Waals surface area contributed by atoms with Crippen molar-refractivity contribution in [1.82, 2.24) is 10.2 Å². The Bertz CT molecular complexity index is 647. The van der Waals surface area contributed by atoms with E-state index in [4.69, 9.17) is 8.83 Å². The lowest BCUT2D eigenvalue weighted by Crippen LogP contribution is -1.97. The van der Waals surface area contributed by atoms with Crippen LogP contribution in [-0.4, -0.2) is 10.2 Å². The van der Waals surface area contributed by atoms with Crippen LogP contribution in [0.4, 0.5) is 5.69 Å². The molecular formula is C13H10BrN3O2. The number of hydrogen-bond donors (Lipinski definition) is 1. The largest absolute Gasteiger partial charge is 0.452 e. The van der Waals surface area contributed by atoms with Crippen LogP contribution >= 0.6 is 15.9 Å². The van der Waals surface area contributed by atoms with Gasteiger partial charge in [-0.05, 0) is 52.3 Å². The summed E-state index contributed by atoms with van der Waals surface area (Å²) in [6, 6.07) is 11.6. The maximum Gasteiger partial charge on any atom is 0.247 e. The molecule has 3 rings (SSSR count). The molecule has 0 aliphatic carbocycles. The molecule has 0 fully saturated rings. The molecule has 2 aromatic heterocycles. The minimum absolute atomic E-state index is 0.515. The SMILES string of the molecule is Brc1ccc(CNc2ccc(-c3nnco3)cc2)o1. The molecule has 0 aliphatic rings. The minimum atomic E-state index is 0.515. The molecule has 3 aromatic rings. The fraction of sp³-hybridized carbons (Fsp3) is 0.0769. The third-order valence-corrected chi connectivity index (χ3v) is 3.01. The van der Waals surface area contributed by atoms with Crippen LogP contribution in [0.25, 0.3) is 11.5 Å². The number of benzene rings is 1. The van der Waals surface area contributed by atoms with Crippen molar-refractivity contribution in [3.63, 3.8) is 0 Å². The van der Waals surface area contributed by atoms with Gasteiger partial charge in [0.25, 0.3) is 0 Å². The molecule has 2 heterocycles. The zero-order chi connectivity index (χ0) is 13.1. The van der Waals surface area contributed by atoms with Crippen molar-refractivity contribution in [3.05, 3.63) is 53.2 Å². The first-order chi connectivity index (χ1) is 9.31. The van der Waals surface area contributed by atoms with Gasteiger partial charge in [-0.3, -0.25) is 0 Å². The number of nitrogens with one attached hydrogen (secondary N) is 1. The molecule has 96 valence electrons. The van der Waals surface area contributed by atoms with Crippen LogP contribution in [-0.2, 0) is 6.54 Å². The average Bonchev–Trinajstić information content (AvgIpc) is 3.08. The molecule has 1 N–H and O–H groups in total. The fourth-order valence-corrected chi connectivity index (χ4v) is 2.01. The predicted molar refractivity (Wildman–Crippen MR) is 73.5 cm³/mol. The molecule has 1 aromatic carbocycles. The third-order valence-electron chi connectivity index (χ3n) is 2.59. The van der Waals surface area contributed by atoms with Gasteiger partial charge in [0.05, 0.1) is 6.54 Å². The van der Waals surface area contributed by atoms with Gasteiger partial charge >= 0.3 is 0 Å². The van der Waals surface area contributed by atoms with E-state index in [1.165, 1.54) is 6.39 Å². The van der Waals surface area contributed by atoms with Crippen molar-refractivity contribution in [2.24, 2.45) is 0 Å². The van der Waals surface area contributed by atoms with E-state index in [0.717, 1.165) is 21.7 Å². The van der Waals surface area contributed by atoms with Crippen LogP contribution in [0.1, 0.15) is 5.76 Å². The molecule has 0 unspecified atom stereocenters. The van der Waals surface area contributed by atoms with Gasteiger partial charge in [-0.25, -0.2) is 0 Å². The molecule has 0 spiro atoms. The number of halogens is 1. The van der Waals surface area contributed by atoms with E-state index in [0.29, 0.717) is 12.4 Å². The Morgan fingerprint density at radius 2 is 1.95 bits per heavy atom. The van der Waals surface area contributed by atoms with Crippen LogP contribution in [0.2, 0.25) is 0 Å². The maximum absolute atomic E-state index is 5.41. The monoisotopic (exact) mass is 319 g/mol. The number of hydrogen-bond acceptors (Lipinski definition) is 5. The first-order valence-electron chi connectivity index (χ1n) is 5.66. The van der Waals surface area contributed by atoms with Crippen LogP contribution in [0.5, 0.6) is 0 Å². The molecule has 0 atom stereocenters. The fourth-order valence-electron chi connectivity index (χ4n) is 1.67. The number of rotatable bonds is 4. The Kier molecular flexibility index (Phi) is 3.33. The van der Waals surface area contributed by atoms with Crippen LogP contribution < -0.4 is 5.32 Å². The quantitative estimate of drug-likeness (QED) is 0.794. The van der Waals surface area contributed by atoms with E-state index in [1.54, 1.807) is 0 Å². The second kappa shape index (κ2) is 5.27. The number of nitrogens with zero attached hydrogens (tertiary/aromatic N) is 2. The smallest absolute Gasteiger partial charge is 0.247 e. The summed E-state index contributed by atoms with van der Waals surface area (Å²) in [6.07, 6.45) is 1.32. The Hall–Kier alpha value is -2.08. The molecule has 19 heavy (non-hydrogen) atoms. The molecule has 0 amide bonds. The predicted octanol–water partition coefficient (Wildman–Crippen LogP) is 3.70. The molecular weight excluding hydrogens is 310 g/mol. The zero-order valence-electron chi connectivity index (χ0n) is 9.84. The summed E-state index contributed by atoms with van der Waals surface area (Å²) in [7, 11) is 0. The van der Waals surface area contributed by atoms with Crippen molar-refractivity contribution >= 4 is 21.6 Å². The molecule has 5 nitrogen and oxygen atoms in total. The summed E-state index contributed by atoms with van der Waals surface area (Å²) >= 11 is 3.27. The number of anilines is 1. The summed E-state index contributed by atoms with van der Waals surface area (Å²) in [4.78, 5) is 0. The molecule has 0 saturated heterocycles. The van der Waals surface area contributed by atoms with Crippen molar-refractivity contribution < 1.29 is 8.83 Å². The first kappa shape index (κ1) is 12.0. The molecule has 0 bridgehead atoms. The van der Waals surface area contributed by atoms with E-state index in [1.807, 2.05) is 36.4 Å². The first-order valence-corrected chi connectivity index (χ1v) is 6.45. The van der Waals surface area contributed by atoms with E-state index in [2.05, 4.69) is 31.4 Å². The number of aromatic nitrogens is 2. The highest BCUT2D eigenvalue weighted by atomic mass is 79.9. The van der Waals surface area contributed by atoms with Crippen LogP contribution in [0.15, 0.2) is 56.3 Å². The Labute approximate surface area is 117 Å². The Balaban J connectivity index is 1.66. The molecule has 0 radical (unpaired) electrons. The van der Waals surface area contributed by atoms with E-state index < -0.39 is 0 Å². The summed E-state index contributed by atoms with van der Waals surface area (Å²) in [5.41, 5.74) is 1.89.